The minimum atomic E-state index is -0.269. The first-order valence-electron chi connectivity index (χ1n) is 8.30. The van der Waals surface area contributed by atoms with Gasteiger partial charge in [-0.25, -0.2) is 0 Å². The van der Waals surface area contributed by atoms with Gasteiger partial charge in [0.25, 0.3) is 0 Å². The van der Waals surface area contributed by atoms with Gasteiger partial charge in [-0.05, 0) is 52.7 Å². The Morgan fingerprint density at radius 1 is 1.20 bits per heavy atom. The molecule has 1 aliphatic heterocycles. The van der Waals surface area contributed by atoms with Crippen molar-refractivity contribution in [1.82, 2.24) is 15.1 Å². The fourth-order valence-corrected chi connectivity index (χ4v) is 3.69. The summed E-state index contributed by atoms with van der Waals surface area (Å²) < 4.78 is 0. The molecule has 4 heteroatoms. The average molecular weight is 281 g/mol. The highest BCUT2D eigenvalue weighted by atomic mass is 16.2. The van der Waals surface area contributed by atoms with E-state index in [9.17, 15) is 4.79 Å². The number of nitrogens with zero attached hydrogens (tertiary/aromatic N) is 2. The number of nitrogens with one attached hydrogen (secondary N) is 1. The predicted molar refractivity (Wildman–Crippen MR) is 82.8 cm³/mol. The number of carbonyl (C=O) groups excluding carboxylic acids is 1. The van der Waals surface area contributed by atoms with Gasteiger partial charge in [-0.15, -0.1) is 0 Å². The van der Waals surface area contributed by atoms with Crippen LogP contribution in [0.15, 0.2) is 0 Å². The van der Waals surface area contributed by atoms with Gasteiger partial charge in [0, 0.05) is 19.1 Å². The maximum atomic E-state index is 13.1. The van der Waals surface area contributed by atoms with E-state index in [2.05, 4.69) is 36.1 Å². The van der Waals surface area contributed by atoms with Crippen molar-refractivity contribution in [3.8, 4) is 0 Å². The van der Waals surface area contributed by atoms with Crippen LogP contribution in [-0.4, -0.2) is 61.0 Å². The third-order valence-electron chi connectivity index (χ3n) is 5.07. The Balaban J connectivity index is 2.09. The highest BCUT2D eigenvalue weighted by molar-refractivity contribution is 5.87. The van der Waals surface area contributed by atoms with E-state index in [1.165, 1.54) is 25.7 Å². The van der Waals surface area contributed by atoms with Crippen LogP contribution in [-0.2, 0) is 4.79 Å². The smallest absolute Gasteiger partial charge is 0.243 e. The number of carbonyl (C=O) groups is 1. The SMILES string of the molecule is CCC1(C(=O)N(CCN(C)C)C2CCCC2)CCCN1. The lowest BCUT2D eigenvalue weighted by molar-refractivity contribution is -0.140. The van der Waals surface area contributed by atoms with Crippen LogP contribution in [0.4, 0.5) is 0 Å². The van der Waals surface area contributed by atoms with Crippen LogP contribution in [0.5, 0.6) is 0 Å². The van der Waals surface area contributed by atoms with E-state index in [1.54, 1.807) is 0 Å². The number of amides is 1. The molecule has 2 aliphatic rings. The Labute approximate surface area is 123 Å². The molecule has 1 amide bonds. The average Bonchev–Trinajstić information content (AvgIpc) is 3.10. The van der Waals surface area contributed by atoms with Crippen molar-refractivity contribution < 1.29 is 4.79 Å². The van der Waals surface area contributed by atoms with Crippen molar-refractivity contribution in [3.63, 3.8) is 0 Å². The normalized spacial score (nSPS) is 27.4. The second kappa shape index (κ2) is 6.90. The molecular weight excluding hydrogens is 250 g/mol. The quantitative estimate of drug-likeness (QED) is 0.807. The third kappa shape index (κ3) is 3.34. The van der Waals surface area contributed by atoms with E-state index < -0.39 is 0 Å². The van der Waals surface area contributed by atoms with Gasteiger partial charge in [-0.2, -0.15) is 0 Å². The molecule has 2 rings (SSSR count). The zero-order valence-electron chi connectivity index (χ0n) is 13.5. The summed E-state index contributed by atoms with van der Waals surface area (Å²) in [5.74, 6) is 0.367. The van der Waals surface area contributed by atoms with E-state index in [1.807, 2.05) is 0 Å². The summed E-state index contributed by atoms with van der Waals surface area (Å²) in [6.45, 7) is 4.97. The van der Waals surface area contributed by atoms with E-state index in [4.69, 9.17) is 0 Å². The van der Waals surface area contributed by atoms with Crippen LogP contribution < -0.4 is 5.32 Å². The van der Waals surface area contributed by atoms with Crippen molar-refractivity contribution in [1.29, 1.82) is 0 Å². The third-order valence-corrected chi connectivity index (χ3v) is 5.07. The molecule has 0 aromatic heterocycles. The lowest BCUT2D eigenvalue weighted by atomic mass is 9.91. The summed E-state index contributed by atoms with van der Waals surface area (Å²) in [5.41, 5.74) is -0.269. The highest BCUT2D eigenvalue weighted by Gasteiger charge is 2.43. The molecule has 116 valence electrons. The maximum Gasteiger partial charge on any atom is 0.243 e. The standard InChI is InChI=1S/C16H31N3O/c1-4-16(10-7-11-17-16)15(20)19(13-12-18(2)3)14-8-5-6-9-14/h14,17H,4-13H2,1-3H3. The molecule has 1 atom stereocenters. The number of rotatable bonds is 6. The molecule has 1 saturated carbocycles. The van der Waals surface area contributed by atoms with Gasteiger partial charge in [0.2, 0.25) is 5.91 Å². The van der Waals surface area contributed by atoms with Crippen LogP contribution in [0.1, 0.15) is 51.9 Å². The Kier molecular flexibility index (Phi) is 5.44. The van der Waals surface area contributed by atoms with E-state index in [0.717, 1.165) is 38.9 Å². The van der Waals surface area contributed by atoms with Crippen molar-refractivity contribution >= 4 is 5.91 Å². The monoisotopic (exact) mass is 281 g/mol. The molecule has 1 heterocycles. The van der Waals surface area contributed by atoms with Crippen LogP contribution in [0.2, 0.25) is 0 Å². The molecule has 4 nitrogen and oxygen atoms in total. The first-order valence-corrected chi connectivity index (χ1v) is 8.30. The van der Waals surface area contributed by atoms with Crippen LogP contribution in [0.25, 0.3) is 0 Å². The van der Waals surface area contributed by atoms with Gasteiger partial charge < -0.3 is 15.1 Å². The number of likely N-dealkylation sites (N-methyl/N-ethyl adjacent to an activating group) is 1. The molecule has 0 radical (unpaired) electrons. The van der Waals surface area contributed by atoms with Gasteiger partial charge in [0.15, 0.2) is 0 Å². The zero-order valence-corrected chi connectivity index (χ0v) is 13.5. The topological polar surface area (TPSA) is 35.6 Å². The maximum absolute atomic E-state index is 13.1. The zero-order chi connectivity index (χ0) is 14.6. The fraction of sp³-hybridized carbons (Fsp3) is 0.938. The van der Waals surface area contributed by atoms with Gasteiger partial charge in [-0.3, -0.25) is 4.79 Å². The molecule has 2 fully saturated rings. The summed E-state index contributed by atoms with van der Waals surface area (Å²) in [4.78, 5) is 17.5. The van der Waals surface area contributed by atoms with Crippen LogP contribution >= 0.6 is 0 Å². The molecule has 0 aromatic carbocycles. The molecule has 0 bridgehead atoms. The van der Waals surface area contributed by atoms with E-state index >= 15 is 0 Å². The summed E-state index contributed by atoms with van der Waals surface area (Å²) in [6, 6.07) is 0.480. The molecule has 1 saturated heterocycles. The Morgan fingerprint density at radius 2 is 1.90 bits per heavy atom. The van der Waals surface area contributed by atoms with E-state index in [-0.39, 0.29) is 5.54 Å². The fourth-order valence-electron chi connectivity index (χ4n) is 3.69. The molecule has 1 aliphatic carbocycles. The Bertz CT molecular complexity index is 318. The molecule has 1 N–H and O–H groups in total. The first kappa shape index (κ1) is 15.8. The highest BCUT2D eigenvalue weighted by Crippen LogP contribution is 2.30. The summed E-state index contributed by atoms with van der Waals surface area (Å²) in [7, 11) is 4.17. The summed E-state index contributed by atoms with van der Waals surface area (Å²) in [5, 5.41) is 3.51. The van der Waals surface area contributed by atoms with Gasteiger partial charge in [0.1, 0.15) is 0 Å². The molecule has 0 aromatic rings. The Hall–Kier alpha value is -0.610. The van der Waals surface area contributed by atoms with Crippen LogP contribution in [0.3, 0.4) is 0 Å². The lowest BCUT2D eigenvalue weighted by Crippen LogP contribution is -2.57. The number of hydrogen-bond acceptors (Lipinski definition) is 3. The minimum Gasteiger partial charge on any atom is -0.337 e. The predicted octanol–water partition coefficient (Wildman–Crippen LogP) is 1.85. The Morgan fingerprint density at radius 3 is 2.40 bits per heavy atom. The summed E-state index contributed by atoms with van der Waals surface area (Å²) >= 11 is 0. The largest absolute Gasteiger partial charge is 0.337 e. The second-order valence-corrected chi connectivity index (χ2v) is 6.71. The van der Waals surface area contributed by atoms with Crippen molar-refractivity contribution in [2.24, 2.45) is 0 Å². The van der Waals surface area contributed by atoms with Crippen LogP contribution in [0, 0.1) is 0 Å². The van der Waals surface area contributed by atoms with Crippen molar-refractivity contribution in [2.75, 3.05) is 33.7 Å². The van der Waals surface area contributed by atoms with Crippen molar-refractivity contribution in [2.45, 2.75) is 63.5 Å². The first-order chi connectivity index (χ1) is 9.59. The number of hydrogen-bond donors (Lipinski definition) is 1. The minimum absolute atomic E-state index is 0.269. The lowest BCUT2D eigenvalue weighted by Gasteiger charge is -2.38. The second-order valence-electron chi connectivity index (χ2n) is 6.71. The summed E-state index contributed by atoms with van der Waals surface area (Å²) in [6.07, 6.45) is 8.00. The van der Waals surface area contributed by atoms with E-state index in [0.29, 0.717) is 11.9 Å². The van der Waals surface area contributed by atoms with Crippen molar-refractivity contribution in [3.05, 3.63) is 0 Å². The molecule has 0 spiro atoms. The van der Waals surface area contributed by atoms with Gasteiger partial charge in [0.05, 0.1) is 5.54 Å². The molecule has 1 unspecified atom stereocenters. The molecular formula is C16H31N3O. The molecule has 20 heavy (non-hydrogen) atoms. The van der Waals surface area contributed by atoms with Gasteiger partial charge >= 0.3 is 0 Å². The van der Waals surface area contributed by atoms with Gasteiger partial charge in [-0.1, -0.05) is 19.8 Å².